The molecule has 0 N–H and O–H groups in total. The fourth-order valence-electron chi connectivity index (χ4n) is 3.71. The Morgan fingerprint density at radius 2 is 1.81 bits per heavy atom. The quantitative estimate of drug-likeness (QED) is 0.247. The summed E-state index contributed by atoms with van der Waals surface area (Å²) in [4.78, 5) is 17.9. The second-order valence-corrected chi connectivity index (χ2v) is 8.85. The predicted molar refractivity (Wildman–Crippen MR) is 141 cm³/mol. The molecule has 0 amide bonds. The fourth-order valence-corrected chi connectivity index (χ4v) is 4.07. The van der Waals surface area contributed by atoms with E-state index >= 15 is 0 Å². The number of benzene rings is 3. The second-order valence-electron chi connectivity index (χ2n) is 7.94. The first kappa shape index (κ1) is 25.4. The molecule has 0 radical (unpaired) electrons. The molecule has 3 aromatic carbocycles. The first-order chi connectivity index (χ1) is 17.4. The van der Waals surface area contributed by atoms with Gasteiger partial charge in [-0.25, -0.2) is 9.37 Å². The number of halogens is 2. The van der Waals surface area contributed by atoms with Gasteiger partial charge in [0.2, 0.25) is 5.75 Å². The zero-order valence-electron chi connectivity index (χ0n) is 20.1. The van der Waals surface area contributed by atoms with Crippen molar-refractivity contribution >= 4 is 33.0 Å². The molecule has 0 fully saturated rings. The smallest absolute Gasteiger partial charge is 0.282 e. The molecule has 4 rings (SSSR count). The third-order valence-corrected chi connectivity index (χ3v) is 5.98. The van der Waals surface area contributed by atoms with Crippen LogP contribution in [-0.2, 0) is 13.0 Å². The predicted octanol–water partition coefficient (Wildman–Crippen LogP) is 5.73. The minimum atomic E-state index is -0.358. The monoisotopic (exact) mass is 553 g/mol. The first-order valence-corrected chi connectivity index (χ1v) is 12.1. The average Bonchev–Trinajstić information content (AvgIpc) is 2.88. The lowest BCUT2D eigenvalue weighted by Gasteiger charge is -2.15. The van der Waals surface area contributed by atoms with Crippen molar-refractivity contribution in [2.75, 3.05) is 14.2 Å². The minimum absolute atomic E-state index is 0.000912. The molecule has 186 valence electrons. The molecule has 1 aromatic heterocycles. The van der Waals surface area contributed by atoms with Gasteiger partial charge in [0.05, 0.1) is 31.3 Å². The Hall–Kier alpha value is -3.72. The van der Waals surface area contributed by atoms with Crippen molar-refractivity contribution in [2.45, 2.75) is 26.4 Å². The average molecular weight is 554 g/mol. The van der Waals surface area contributed by atoms with Crippen molar-refractivity contribution in [3.05, 3.63) is 92.2 Å². The van der Waals surface area contributed by atoms with E-state index in [0.717, 1.165) is 10.9 Å². The van der Waals surface area contributed by atoms with E-state index in [1.54, 1.807) is 36.4 Å². The fraction of sp³-hybridized carbons (Fsp3) is 0.222. The normalized spacial score (nSPS) is 11.2. The maximum Gasteiger partial charge on any atom is 0.282 e. The van der Waals surface area contributed by atoms with Crippen LogP contribution < -0.4 is 19.8 Å². The van der Waals surface area contributed by atoms with E-state index in [2.05, 4.69) is 26.0 Å². The van der Waals surface area contributed by atoms with Gasteiger partial charge in [-0.3, -0.25) is 4.79 Å². The summed E-state index contributed by atoms with van der Waals surface area (Å²) < 4.78 is 33.0. The van der Waals surface area contributed by atoms with Gasteiger partial charge in [-0.1, -0.05) is 41.1 Å². The Morgan fingerprint density at radius 3 is 2.47 bits per heavy atom. The van der Waals surface area contributed by atoms with Gasteiger partial charge in [0, 0.05) is 22.0 Å². The van der Waals surface area contributed by atoms with E-state index < -0.39 is 0 Å². The summed E-state index contributed by atoms with van der Waals surface area (Å²) in [6.07, 6.45) is 2.94. The molecule has 0 atom stereocenters. The zero-order chi connectivity index (χ0) is 25.7. The van der Waals surface area contributed by atoms with E-state index in [1.165, 1.54) is 31.2 Å². The van der Waals surface area contributed by atoms with Crippen molar-refractivity contribution in [1.29, 1.82) is 0 Å². The Morgan fingerprint density at radius 1 is 1.08 bits per heavy atom. The van der Waals surface area contributed by atoms with Crippen molar-refractivity contribution in [1.82, 2.24) is 9.66 Å². The molecule has 0 aliphatic carbocycles. The van der Waals surface area contributed by atoms with E-state index in [4.69, 9.17) is 14.2 Å². The molecular formula is C27H25BrFN3O4. The SMILES string of the molecule is CCCc1nc2ccc(Br)cc2c(=O)n1N=Cc1cc(OC)c(OCc2ccccc2F)c(OC)c1. The van der Waals surface area contributed by atoms with Gasteiger partial charge < -0.3 is 14.2 Å². The highest BCUT2D eigenvalue weighted by Crippen LogP contribution is 2.39. The van der Waals surface area contributed by atoms with Crippen LogP contribution in [-0.4, -0.2) is 30.1 Å². The molecule has 0 saturated carbocycles. The van der Waals surface area contributed by atoms with Crippen molar-refractivity contribution in [2.24, 2.45) is 5.10 Å². The number of rotatable bonds is 9. The first-order valence-electron chi connectivity index (χ1n) is 11.3. The number of nitrogens with zero attached hydrogens (tertiary/aromatic N) is 3. The summed E-state index contributed by atoms with van der Waals surface area (Å²) in [6, 6.07) is 15.2. The van der Waals surface area contributed by atoms with Crippen LogP contribution in [0.15, 0.2) is 69.0 Å². The molecule has 0 saturated heterocycles. The number of methoxy groups -OCH3 is 2. The van der Waals surface area contributed by atoms with Crippen LogP contribution in [0, 0.1) is 5.82 Å². The number of fused-ring (bicyclic) bond motifs is 1. The van der Waals surface area contributed by atoms with Crippen LogP contribution >= 0.6 is 15.9 Å². The van der Waals surface area contributed by atoms with Crippen LogP contribution in [0.1, 0.15) is 30.3 Å². The molecular weight excluding hydrogens is 529 g/mol. The van der Waals surface area contributed by atoms with Gasteiger partial charge in [-0.05, 0) is 42.8 Å². The van der Waals surface area contributed by atoms with Gasteiger partial charge in [0.25, 0.3) is 5.56 Å². The summed E-state index contributed by atoms with van der Waals surface area (Å²) in [5.41, 5.74) is 1.39. The van der Waals surface area contributed by atoms with Crippen molar-refractivity contribution in [3.8, 4) is 17.2 Å². The number of hydrogen-bond acceptors (Lipinski definition) is 6. The number of hydrogen-bond donors (Lipinski definition) is 0. The van der Waals surface area contributed by atoms with Gasteiger partial charge in [0.1, 0.15) is 18.2 Å². The second kappa shape index (κ2) is 11.3. The summed E-state index contributed by atoms with van der Waals surface area (Å²) in [5.74, 6) is 1.31. The Bertz CT molecular complexity index is 1460. The number of aryl methyl sites for hydroxylation is 1. The van der Waals surface area contributed by atoms with E-state index in [-0.39, 0.29) is 18.0 Å². The topological polar surface area (TPSA) is 74.9 Å². The zero-order valence-corrected chi connectivity index (χ0v) is 21.7. The van der Waals surface area contributed by atoms with Crippen LogP contribution in [0.5, 0.6) is 17.2 Å². The van der Waals surface area contributed by atoms with Crippen molar-refractivity contribution < 1.29 is 18.6 Å². The summed E-state index contributed by atoms with van der Waals surface area (Å²) >= 11 is 3.41. The molecule has 0 spiro atoms. The van der Waals surface area contributed by atoms with E-state index in [1.807, 2.05) is 19.1 Å². The maximum absolute atomic E-state index is 14.0. The molecule has 9 heteroatoms. The van der Waals surface area contributed by atoms with Crippen LogP contribution in [0.4, 0.5) is 4.39 Å². The van der Waals surface area contributed by atoms with Crippen molar-refractivity contribution in [3.63, 3.8) is 0 Å². The molecule has 36 heavy (non-hydrogen) atoms. The highest BCUT2D eigenvalue weighted by molar-refractivity contribution is 9.10. The summed E-state index contributed by atoms with van der Waals surface area (Å²) in [7, 11) is 3.00. The Balaban J connectivity index is 1.71. The van der Waals surface area contributed by atoms with Gasteiger partial charge >= 0.3 is 0 Å². The van der Waals surface area contributed by atoms with Gasteiger partial charge in [0.15, 0.2) is 11.5 Å². The molecule has 0 aliphatic rings. The highest BCUT2D eigenvalue weighted by Gasteiger charge is 2.16. The molecule has 1 heterocycles. The third kappa shape index (κ3) is 5.41. The van der Waals surface area contributed by atoms with Crippen LogP contribution in [0.2, 0.25) is 0 Å². The number of ether oxygens (including phenoxy) is 3. The Kier molecular flexibility index (Phi) is 8.00. The standard InChI is InChI=1S/C27H25BrFN3O4/c1-4-7-25-31-22-11-10-19(28)14-20(22)27(33)32(25)30-15-17-12-23(34-2)26(24(13-17)35-3)36-16-18-8-5-6-9-21(18)29/h5-6,8-15H,4,7,16H2,1-3H3. The van der Waals surface area contributed by atoms with Crippen LogP contribution in [0.3, 0.4) is 0 Å². The maximum atomic E-state index is 14.0. The van der Waals surface area contributed by atoms with Crippen LogP contribution in [0.25, 0.3) is 10.9 Å². The highest BCUT2D eigenvalue weighted by atomic mass is 79.9. The van der Waals surface area contributed by atoms with E-state index in [0.29, 0.717) is 51.5 Å². The lowest BCUT2D eigenvalue weighted by molar-refractivity contribution is 0.262. The van der Waals surface area contributed by atoms with E-state index in [9.17, 15) is 9.18 Å². The minimum Gasteiger partial charge on any atom is -0.493 e. The lowest BCUT2D eigenvalue weighted by atomic mass is 10.2. The summed E-state index contributed by atoms with van der Waals surface area (Å²) in [6.45, 7) is 2.02. The molecule has 7 nitrogen and oxygen atoms in total. The Labute approximate surface area is 216 Å². The third-order valence-electron chi connectivity index (χ3n) is 5.48. The largest absolute Gasteiger partial charge is 0.493 e. The molecule has 0 unspecified atom stereocenters. The molecule has 0 bridgehead atoms. The van der Waals surface area contributed by atoms with Gasteiger partial charge in [-0.15, -0.1) is 0 Å². The van der Waals surface area contributed by atoms with Gasteiger partial charge in [-0.2, -0.15) is 9.78 Å². The molecule has 0 aliphatic heterocycles. The summed E-state index contributed by atoms with van der Waals surface area (Å²) in [5, 5.41) is 4.93. The molecule has 4 aromatic rings. The lowest BCUT2D eigenvalue weighted by Crippen LogP contribution is -2.22. The number of aromatic nitrogens is 2.